The standard InChI is InChI=1S/C21H25BrO3Si/c1-24-14-19-21(26(2,3)17-7-5-4-6-8-17)18(13-23)20(25-19)15-9-11-16(22)12-10-15/h4-13,18-21H,14H2,1-3H3/t18-,19-,20+,21+/m1/s1. The first-order valence-electron chi connectivity index (χ1n) is 8.89. The summed E-state index contributed by atoms with van der Waals surface area (Å²) in [4.78, 5) is 12.2. The molecule has 0 unspecified atom stereocenters. The average molecular weight is 433 g/mol. The third-order valence-electron chi connectivity index (χ3n) is 5.52. The Morgan fingerprint density at radius 3 is 2.35 bits per heavy atom. The number of rotatable bonds is 6. The molecule has 1 saturated heterocycles. The lowest BCUT2D eigenvalue weighted by Crippen LogP contribution is -2.51. The van der Waals surface area contributed by atoms with Gasteiger partial charge in [-0.15, -0.1) is 0 Å². The number of carbonyl (C=O) groups excluding carboxylic acids is 1. The zero-order valence-corrected chi connectivity index (χ0v) is 18.0. The third kappa shape index (κ3) is 3.72. The van der Waals surface area contributed by atoms with Crippen LogP contribution < -0.4 is 5.19 Å². The largest absolute Gasteiger partial charge is 0.382 e. The van der Waals surface area contributed by atoms with Crippen LogP contribution in [0.2, 0.25) is 18.6 Å². The van der Waals surface area contributed by atoms with Gasteiger partial charge in [0.15, 0.2) is 0 Å². The molecular weight excluding hydrogens is 408 g/mol. The van der Waals surface area contributed by atoms with Gasteiger partial charge in [0, 0.05) is 17.5 Å². The van der Waals surface area contributed by atoms with Crippen molar-refractivity contribution in [1.29, 1.82) is 0 Å². The summed E-state index contributed by atoms with van der Waals surface area (Å²) in [6.45, 7) is 5.17. The van der Waals surface area contributed by atoms with Gasteiger partial charge in [-0.25, -0.2) is 0 Å². The van der Waals surface area contributed by atoms with Crippen LogP contribution in [0.15, 0.2) is 59.1 Å². The molecule has 0 N–H and O–H groups in total. The van der Waals surface area contributed by atoms with E-state index in [0.29, 0.717) is 6.61 Å². The Hall–Kier alpha value is -1.27. The van der Waals surface area contributed by atoms with Gasteiger partial charge < -0.3 is 14.3 Å². The number of methoxy groups -OCH3 is 1. The molecule has 2 aromatic rings. The Labute approximate surface area is 164 Å². The van der Waals surface area contributed by atoms with Crippen LogP contribution in [0.4, 0.5) is 0 Å². The van der Waals surface area contributed by atoms with Gasteiger partial charge in [0.05, 0.1) is 26.9 Å². The molecule has 0 saturated carbocycles. The highest BCUT2D eigenvalue weighted by Crippen LogP contribution is 2.49. The second-order valence-electron chi connectivity index (χ2n) is 7.43. The molecular formula is C21H25BrO3Si. The number of halogens is 1. The van der Waals surface area contributed by atoms with Crippen LogP contribution in [-0.4, -0.2) is 34.2 Å². The minimum absolute atomic E-state index is 0.0780. The predicted octanol–water partition coefficient (Wildman–Crippen LogP) is 4.34. The monoisotopic (exact) mass is 432 g/mol. The minimum Gasteiger partial charge on any atom is -0.382 e. The minimum atomic E-state index is -1.96. The Bertz CT molecular complexity index is 733. The molecule has 0 radical (unpaired) electrons. The molecule has 5 heteroatoms. The molecule has 0 bridgehead atoms. The maximum Gasteiger partial charge on any atom is 0.126 e. The lowest BCUT2D eigenvalue weighted by Gasteiger charge is -2.35. The summed E-state index contributed by atoms with van der Waals surface area (Å²) in [5.74, 6) is -0.168. The first-order chi connectivity index (χ1) is 12.5. The highest BCUT2D eigenvalue weighted by atomic mass is 79.9. The molecule has 1 aliphatic heterocycles. The van der Waals surface area contributed by atoms with E-state index in [1.165, 1.54) is 5.19 Å². The summed E-state index contributed by atoms with van der Waals surface area (Å²) in [5, 5.41) is 1.35. The van der Waals surface area contributed by atoms with Crippen LogP contribution in [0.1, 0.15) is 11.7 Å². The summed E-state index contributed by atoms with van der Waals surface area (Å²) in [6, 6.07) is 18.6. The number of hydrogen-bond acceptors (Lipinski definition) is 3. The molecule has 0 amide bonds. The van der Waals surface area contributed by atoms with Crippen molar-refractivity contribution < 1.29 is 14.3 Å². The first-order valence-corrected chi connectivity index (χ1v) is 12.8. The van der Waals surface area contributed by atoms with Crippen LogP contribution in [0.5, 0.6) is 0 Å². The van der Waals surface area contributed by atoms with Gasteiger partial charge >= 0.3 is 0 Å². The molecule has 2 aromatic carbocycles. The van der Waals surface area contributed by atoms with Crippen molar-refractivity contribution in [2.75, 3.05) is 13.7 Å². The maximum atomic E-state index is 12.2. The highest BCUT2D eigenvalue weighted by Gasteiger charge is 2.52. The number of ether oxygens (including phenoxy) is 2. The maximum absolute atomic E-state index is 12.2. The fraction of sp³-hybridized carbons (Fsp3) is 0.381. The van der Waals surface area contributed by atoms with E-state index in [-0.39, 0.29) is 23.7 Å². The second kappa shape index (κ2) is 8.17. The fourth-order valence-corrected chi connectivity index (χ4v) is 8.24. The van der Waals surface area contributed by atoms with Crippen molar-refractivity contribution >= 4 is 35.5 Å². The molecule has 1 heterocycles. The third-order valence-corrected chi connectivity index (χ3v) is 10.3. The van der Waals surface area contributed by atoms with Crippen molar-refractivity contribution in [1.82, 2.24) is 0 Å². The molecule has 4 atom stereocenters. The summed E-state index contributed by atoms with van der Waals surface area (Å²) in [7, 11) is -0.267. The molecule has 3 nitrogen and oxygen atoms in total. The zero-order chi connectivity index (χ0) is 18.7. The van der Waals surface area contributed by atoms with Crippen LogP contribution in [-0.2, 0) is 14.3 Å². The van der Waals surface area contributed by atoms with Gasteiger partial charge in [-0.05, 0) is 23.2 Å². The van der Waals surface area contributed by atoms with E-state index in [0.717, 1.165) is 16.3 Å². The number of benzene rings is 2. The van der Waals surface area contributed by atoms with Gasteiger partial charge in [0.25, 0.3) is 0 Å². The molecule has 138 valence electrons. The van der Waals surface area contributed by atoms with Crippen molar-refractivity contribution in [3.8, 4) is 0 Å². The summed E-state index contributed by atoms with van der Waals surface area (Å²) in [6.07, 6.45) is 0.803. The van der Waals surface area contributed by atoms with Gasteiger partial charge in [0.1, 0.15) is 6.29 Å². The zero-order valence-electron chi connectivity index (χ0n) is 15.4. The predicted molar refractivity (Wildman–Crippen MR) is 110 cm³/mol. The van der Waals surface area contributed by atoms with E-state index in [1.807, 2.05) is 30.3 Å². The Morgan fingerprint density at radius 2 is 1.77 bits per heavy atom. The van der Waals surface area contributed by atoms with E-state index in [2.05, 4.69) is 53.3 Å². The van der Waals surface area contributed by atoms with Crippen molar-refractivity contribution in [3.63, 3.8) is 0 Å². The lowest BCUT2D eigenvalue weighted by molar-refractivity contribution is -0.112. The van der Waals surface area contributed by atoms with E-state index >= 15 is 0 Å². The van der Waals surface area contributed by atoms with Gasteiger partial charge in [0.2, 0.25) is 0 Å². The van der Waals surface area contributed by atoms with E-state index < -0.39 is 8.07 Å². The Kier molecular flexibility index (Phi) is 6.12. The molecule has 0 aliphatic carbocycles. The first kappa shape index (κ1) is 19.5. The lowest BCUT2D eigenvalue weighted by atomic mass is 9.95. The highest BCUT2D eigenvalue weighted by molar-refractivity contribution is 9.10. The summed E-state index contributed by atoms with van der Waals surface area (Å²) < 4.78 is 12.9. The SMILES string of the molecule is COC[C@H]1O[C@@H](c2ccc(Br)cc2)[C@@H](C=O)[C@@H]1[Si](C)(C)c1ccccc1. The molecule has 0 aromatic heterocycles. The molecule has 1 aliphatic rings. The fourth-order valence-electron chi connectivity index (χ4n) is 4.22. The number of hydrogen-bond donors (Lipinski definition) is 0. The van der Waals surface area contributed by atoms with Gasteiger partial charge in [-0.3, -0.25) is 0 Å². The Morgan fingerprint density at radius 1 is 1.12 bits per heavy atom. The van der Waals surface area contributed by atoms with Crippen molar-refractivity contribution in [3.05, 3.63) is 64.6 Å². The summed E-state index contributed by atoms with van der Waals surface area (Å²) in [5.41, 5.74) is 1.21. The molecule has 1 fully saturated rings. The van der Waals surface area contributed by atoms with E-state index in [1.54, 1.807) is 7.11 Å². The molecule has 3 rings (SSSR count). The number of carbonyl (C=O) groups is 1. The smallest absolute Gasteiger partial charge is 0.126 e. The van der Waals surface area contributed by atoms with Gasteiger partial charge in [-0.2, -0.15) is 0 Å². The summed E-state index contributed by atoms with van der Waals surface area (Å²) >= 11 is 3.47. The van der Waals surface area contributed by atoms with Crippen molar-refractivity contribution in [2.45, 2.75) is 30.8 Å². The normalized spacial score (nSPS) is 26.0. The van der Waals surface area contributed by atoms with Gasteiger partial charge in [-0.1, -0.05) is 76.7 Å². The number of aldehydes is 1. The van der Waals surface area contributed by atoms with Crippen LogP contribution in [0, 0.1) is 5.92 Å². The average Bonchev–Trinajstić information content (AvgIpc) is 3.02. The van der Waals surface area contributed by atoms with E-state index in [4.69, 9.17) is 9.47 Å². The van der Waals surface area contributed by atoms with Crippen molar-refractivity contribution in [2.24, 2.45) is 5.92 Å². The van der Waals surface area contributed by atoms with Crippen LogP contribution >= 0.6 is 15.9 Å². The second-order valence-corrected chi connectivity index (χ2v) is 13.0. The molecule has 0 spiro atoms. The Balaban J connectivity index is 2.00. The quantitative estimate of drug-likeness (QED) is 0.502. The van der Waals surface area contributed by atoms with E-state index in [9.17, 15) is 4.79 Å². The molecule has 26 heavy (non-hydrogen) atoms. The topological polar surface area (TPSA) is 35.5 Å². The van der Waals surface area contributed by atoms with Crippen LogP contribution in [0.25, 0.3) is 0 Å². The van der Waals surface area contributed by atoms with Crippen LogP contribution in [0.3, 0.4) is 0 Å².